The van der Waals surface area contributed by atoms with Gasteiger partial charge in [-0.3, -0.25) is 0 Å². The number of benzene rings is 1. The highest BCUT2D eigenvalue weighted by atomic mass is 32.1. The number of halogens is 1. The number of aromatic nitrogens is 2. The van der Waals surface area contributed by atoms with E-state index in [1.807, 2.05) is 18.0 Å². The third-order valence-electron chi connectivity index (χ3n) is 2.91. The molecule has 3 nitrogen and oxygen atoms in total. The number of hydrogen-bond donors (Lipinski definition) is 0. The second-order valence-corrected chi connectivity index (χ2v) is 6.00. The Labute approximate surface area is 117 Å². The Morgan fingerprint density at radius 2 is 2.05 bits per heavy atom. The lowest BCUT2D eigenvalue weighted by Gasteiger charge is -2.15. The Kier molecular flexibility index (Phi) is 4.14. The highest BCUT2D eigenvalue weighted by Crippen LogP contribution is 2.25. The fourth-order valence-electron chi connectivity index (χ4n) is 1.69. The van der Waals surface area contributed by atoms with Crippen LogP contribution in [0.25, 0.3) is 0 Å². The predicted molar refractivity (Wildman–Crippen MR) is 77.2 cm³/mol. The van der Waals surface area contributed by atoms with Gasteiger partial charge in [0.1, 0.15) is 10.8 Å². The van der Waals surface area contributed by atoms with E-state index in [0.29, 0.717) is 18.0 Å². The van der Waals surface area contributed by atoms with Crippen molar-refractivity contribution in [1.29, 1.82) is 0 Å². The summed E-state index contributed by atoms with van der Waals surface area (Å²) >= 11 is 1.59. The number of rotatable bonds is 4. The van der Waals surface area contributed by atoms with Crippen LogP contribution in [0.2, 0.25) is 0 Å². The van der Waals surface area contributed by atoms with E-state index in [9.17, 15) is 4.39 Å². The number of aryl methyl sites for hydroxylation is 1. The van der Waals surface area contributed by atoms with Crippen LogP contribution in [0.1, 0.15) is 35.9 Å². The molecule has 0 aliphatic heterocycles. The Hall–Kier alpha value is -1.49. The SMILES string of the molecule is Cc1ccc(CN(C)c2nnc(C(C)C)s2)cc1F. The van der Waals surface area contributed by atoms with Crippen molar-refractivity contribution in [3.63, 3.8) is 0 Å². The summed E-state index contributed by atoms with van der Waals surface area (Å²) in [5.41, 5.74) is 1.61. The third kappa shape index (κ3) is 3.29. The van der Waals surface area contributed by atoms with Gasteiger partial charge < -0.3 is 4.90 Å². The van der Waals surface area contributed by atoms with Crippen LogP contribution >= 0.6 is 11.3 Å². The van der Waals surface area contributed by atoms with Crippen molar-refractivity contribution in [2.45, 2.75) is 33.2 Å². The third-order valence-corrected chi connectivity index (χ3v) is 4.24. The fraction of sp³-hybridized carbons (Fsp3) is 0.429. The summed E-state index contributed by atoms with van der Waals surface area (Å²) in [6.45, 7) is 6.59. The first-order chi connectivity index (χ1) is 8.97. The van der Waals surface area contributed by atoms with E-state index >= 15 is 0 Å². The zero-order chi connectivity index (χ0) is 14.0. The molecule has 2 rings (SSSR count). The molecule has 0 saturated carbocycles. The summed E-state index contributed by atoms with van der Waals surface area (Å²) < 4.78 is 13.5. The van der Waals surface area contributed by atoms with Crippen molar-refractivity contribution in [2.24, 2.45) is 0 Å². The minimum Gasteiger partial charge on any atom is -0.345 e. The fourth-order valence-corrected chi connectivity index (χ4v) is 2.50. The monoisotopic (exact) mass is 279 g/mol. The summed E-state index contributed by atoms with van der Waals surface area (Å²) in [6.07, 6.45) is 0. The molecule has 0 aliphatic rings. The molecule has 5 heteroatoms. The van der Waals surface area contributed by atoms with Gasteiger partial charge in [0.2, 0.25) is 5.13 Å². The van der Waals surface area contributed by atoms with E-state index in [1.54, 1.807) is 30.4 Å². The molecule has 0 unspecified atom stereocenters. The zero-order valence-electron chi connectivity index (χ0n) is 11.6. The normalized spacial score (nSPS) is 11.1. The van der Waals surface area contributed by atoms with Gasteiger partial charge in [-0.25, -0.2) is 4.39 Å². The quantitative estimate of drug-likeness (QED) is 0.853. The van der Waals surface area contributed by atoms with Gasteiger partial charge in [-0.15, -0.1) is 10.2 Å². The maximum Gasteiger partial charge on any atom is 0.208 e. The first-order valence-electron chi connectivity index (χ1n) is 6.27. The molecule has 0 saturated heterocycles. The summed E-state index contributed by atoms with van der Waals surface area (Å²) in [7, 11) is 1.95. The maximum absolute atomic E-state index is 13.5. The molecule has 0 spiro atoms. The van der Waals surface area contributed by atoms with Crippen LogP contribution in [0.3, 0.4) is 0 Å². The summed E-state index contributed by atoms with van der Waals surface area (Å²) in [5, 5.41) is 10.2. The summed E-state index contributed by atoms with van der Waals surface area (Å²) in [5.74, 6) is 0.225. The molecular formula is C14H18FN3S. The molecule has 0 N–H and O–H groups in total. The van der Waals surface area contributed by atoms with Crippen LogP contribution in [0.15, 0.2) is 18.2 Å². The molecule has 0 fully saturated rings. The topological polar surface area (TPSA) is 29.0 Å². The molecule has 0 radical (unpaired) electrons. The lowest BCUT2D eigenvalue weighted by molar-refractivity contribution is 0.615. The highest BCUT2D eigenvalue weighted by molar-refractivity contribution is 7.15. The van der Waals surface area contributed by atoms with E-state index < -0.39 is 0 Å². The van der Waals surface area contributed by atoms with Gasteiger partial charge in [-0.1, -0.05) is 37.3 Å². The lowest BCUT2D eigenvalue weighted by atomic mass is 10.1. The lowest BCUT2D eigenvalue weighted by Crippen LogP contribution is -2.16. The van der Waals surface area contributed by atoms with Crippen LogP contribution in [-0.4, -0.2) is 17.2 Å². The van der Waals surface area contributed by atoms with Crippen LogP contribution in [0.5, 0.6) is 0 Å². The van der Waals surface area contributed by atoms with Gasteiger partial charge in [0.05, 0.1) is 0 Å². The molecule has 1 heterocycles. The number of hydrogen-bond acceptors (Lipinski definition) is 4. The zero-order valence-corrected chi connectivity index (χ0v) is 12.5. The van der Waals surface area contributed by atoms with Gasteiger partial charge in [-0.05, 0) is 24.1 Å². The summed E-state index contributed by atoms with van der Waals surface area (Å²) in [6, 6.07) is 5.33. The molecule has 102 valence electrons. The van der Waals surface area contributed by atoms with E-state index in [1.165, 1.54) is 0 Å². The Morgan fingerprint density at radius 1 is 1.32 bits per heavy atom. The van der Waals surface area contributed by atoms with Crippen molar-refractivity contribution < 1.29 is 4.39 Å². The Morgan fingerprint density at radius 3 is 2.63 bits per heavy atom. The average Bonchev–Trinajstić information content (AvgIpc) is 2.83. The Balaban J connectivity index is 2.11. The second kappa shape index (κ2) is 5.65. The largest absolute Gasteiger partial charge is 0.345 e. The van der Waals surface area contributed by atoms with Crippen LogP contribution in [0.4, 0.5) is 9.52 Å². The average molecular weight is 279 g/mol. The standard InChI is InChI=1S/C14H18FN3S/c1-9(2)13-16-17-14(19-13)18(4)8-11-6-5-10(3)12(15)7-11/h5-7,9H,8H2,1-4H3. The smallest absolute Gasteiger partial charge is 0.208 e. The summed E-state index contributed by atoms with van der Waals surface area (Å²) in [4.78, 5) is 1.99. The minimum absolute atomic E-state index is 0.161. The maximum atomic E-state index is 13.5. The van der Waals surface area contributed by atoms with E-state index in [2.05, 4.69) is 24.0 Å². The van der Waals surface area contributed by atoms with E-state index in [0.717, 1.165) is 15.7 Å². The van der Waals surface area contributed by atoms with E-state index in [4.69, 9.17) is 0 Å². The first kappa shape index (κ1) is 13.9. The van der Waals surface area contributed by atoms with Crippen LogP contribution < -0.4 is 4.90 Å². The van der Waals surface area contributed by atoms with Crippen molar-refractivity contribution in [1.82, 2.24) is 10.2 Å². The minimum atomic E-state index is -0.161. The molecular weight excluding hydrogens is 261 g/mol. The van der Waals surface area contributed by atoms with Crippen molar-refractivity contribution in [2.75, 3.05) is 11.9 Å². The van der Waals surface area contributed by atoms with Crippen molar-refractivity contribution in [3.8, 4) is 0 Å². The van der Waals surface area contributed by atoms with Gasteiger partial charge in [0.25, 0.3) is 0 Å². The van der Waals surface area contributed by atoms with Gasteiger partial charge in [0, 0.05) is 19.5 Å². The molecule has 2 aromatic rings. The second-order valence-electron chi connectivity index (χ2n) is 5.02. The molecule has 1 aromatic heterocycles. The van der Waals surface area contributed by atoms with E-state index in [-0.39, 0.29) is 5.82 Å². The van der Waals surface area contributed by atoms with Crippen molar-refractivity contribution in [3.05, 3.63) is 40.2 Å². The number of anilines is 1. The molecule has 0 bridgehead atoms. The highest BCUT2D eigenvalue weighted by Gasteiger charge is 2.12. The van der Waals surface area contributed by atoms with Gasteiger partial charge >= 0.3 is 0 Å². The molecule has 0 amide bonds. The van der Waals surface area contributed by atoms with Crippen LogP contribution in [0, 0.1) is 12.7 Å². The molecule has 0 aliphatic carbocycles. The van der Waals surface area contributed by atoms with Crippen molar-refractivity contribution >= 4 is 16.5 Å². The number of nitrogens with zero attached hydrogens (tertiary/aromatic N) is 3. The molecule has 1 aromatic carbocycles. The van der Waals surface area contributed by atoms with Crippen LogP contribution in [-0.2, 0) is 6.54 Å². The Bertz CT molecular complexity index is 566. The molecule has 0 atom stereocenters. The predicted octanol–water partition coefficient (Wildman–Crippen LogP) is 3.75. The van der Waals surface area contributed by atoms with Gasteiger partial charge in [-0.2, -0.15) is 0 Å². The van der Waals surface area contributed by atoms with Gasteiger partial charge in [0.15, 0.2) is 0 Å². The molecule has 19 heavy (non-hydrogen) atoms. The first-order valence-corrected chi connectivity index (χ1v) is 7.08.